The Morgan fingerprint density at radius 3 is 2.32 bits per heavy atom. The number of piperidine rings is 1. The van der Waals surface area contributed by atoms with Gasteiger partial charge in [-0.05, 0) is 81.3 Å². The van der Waals surface area contributed by atoms with Crippen LogP contribution in [0.15, 0.2) is 82.7 Å². The molecule has 338 valence electrons. The number of aliphatic imine (C=N–C) groups is 1. The van der Waals surface area contributed by atoms with Crippen LogP contribution in [0, 0.1) is 20.8 Å². The number of carbonyl (C=O) groups excluding carboxylic acids is 3. The van der Waals surface area contributed by atoms with Crippen molar-refractivity contribution < 1.29 is 33.3 Å². The van der Waals surface area contributed by atoms with Crippen molar-refractivity contribution in [2.75, 3.05) is 63.4 Å². The molecule has 2 aliphatic heterocycles. The van der Waals surface area contributed by atoms with E-state index in [0.717, 1.165) is 43.6 Å². The molecule has 17 nitrogen and oxygen atoms in total. The second-order valence-electron chi connectivity index (χ2n) is 15.5. The first kappa shape index (κ1) is 45.3. The summed E-state index contributed by atoms with van der Waals surface area (Å²) in [5.74, 6) is 0.889. The van der Waals surface area contributed by atoms with Crippen molar-refractivity contribution in [3.63, 3.8) is 0 Å². The molecule has 1 fully saturated rings. The highest BCUT2D eigenvalue weighted by Crippen LogP contribution is 2.40. The predicted molar refractivity (Wildman–Crippen MR) is 247 cm³/mol. The number of ether oxygens (including phenoxy) is 4. The average molecular weight is 922 g/mol. The Hall–Kier alpha value is -6.31. The number of benzene rings is 3. The molecule has 3 amide bonds. The fraction of sp³-hybridized carbons (Fsp3) is 0.348. The van der Waals surface area contributed by atoms with Gasteiger partial charge in [0.25, 0.3) is 11.5 Å². The molecule has 0 saturated carbocycles. The maximum Gasteiger partial charge on any atom is 0.275 e. The molecule has 1 saturated heterocycles. The maximum atomic E-state index is 13.5. The van der Waals surface area contributed by atoms with E-state index in [-0.39, 0.29) is 31.1 Å². The summed E-state index contributed by atoms with van der Waals surface area (Å²) in [4.78, 5) is 56.8. The van der Waals surface area contributed by atoms with Crippen LogP contribution < -0.4 is 26.2 Å². The number of hydrogen-bond donors (Lipinski definition) is 3. The lowest BCUT2D eigenvalue weighted by molar-refractivity contribution is -0.136. The van der Waals surface area contributed by atoms with Crippen molar-refractivity contribution >= 4 is 68.5 Å². The molecule has 0 aliphatic carbocycles. The van der Waals surface area contributed by atoms with Gasteiger partial charge in [-0.15, -0.1) is 21.5 Å². The van der Waals surface area contributed by atoms with Crippen molar-refractivity contribution in [2.24, 2.45) is 4.99 Å². The molecule has 3 aromatic carbocycles. The molecular weight excluding hydrogens is 874 g/mol. The first-order chi connectivity index (χ1) is 31.5. The zero-order valence-electron chi connectivity index (χ0n) is 36.1. The van der Waals surface area contributed by atoms with Gasteiger partial charge in [-0.1, -0.05) is 29.8 Å². The minimum Gasteiger partial charge on any atom is -0.491 e. The van der Waals surface area contributed by atoms with E-state index in [2.05, 4.69) is 45.1 Å². The monoisotopic (exact) mass is 921 g/mol. The van der Waals surface area contributed by atoms with E-state index >= 15 is 0 Å². The Kier molecular flexibility index (Phi) is 14.4. The van der Waals surface area contributed by atoms with E-state index in [0.29, 0.717) is 85.8 Å². The van der Waals surface area contributed by atoms with Gasteiger partial charge in [0.2, 0.25) is 11.8 Å². The summed E-state index contributed by atoms with van der Waals surface area (Å²) in [6, 6.07) is 18.7. The fourth-order valence-electron chi connectivity index (χ4n) is 7.58. The van der Waals surface area contributed by atoms with Crippen LogP contribution in [0.3, 0.4) is 0 Å². The molecule has 19 heteroatoms. The second-order valence-corrected chi connectivity index (χ2v) is 17.1. The third-order valence-corrected chi connectivity index (χ3v) is 12.5. The molecular formula is C46H48ClN9O8S. The molecule has 1 unspecified atom stereocenters. The van der Waals surface area contributed by atoms with Gasteiger partial charge >= 0.3 is 0 Å². The SMILES string of the molecule is Cc1sc2c(c1C)C(c1ccc(Cl)cc1)=N[C@@H](CC(=O)Nc1ccc(OCCOCCOCCOCCNc3ccc4cnn(C5CCC(=O)NC5=O)c(=O)c4c3)cc1)c1nnc(C)n1-2. The number of thiophene rings is 1. The highest BCUT2D eigenvalue weighted by molar-refractivity contribution is 7.15. The summed E-state index contributed by atoms with van der Waals surface area (Å²) in [5, 5.41) is 24.2. The number of nitrogens with zero attached hydrogens (tertiary/aromatic N) is 6. The summed E-state index contributed by atoms with van der Waals surface area (Å²) in [6.45, 7) is 9.33. The Labute approximate surface area is 383 Å². The minimum atomic E-state index is -0.823. The largest absolute Gasteiger partial charge is 0.491 e. The van der Waals surface area contributed by atoms with Crippen molar-refractivity contribution in [2.45, 2.75) is 52.1 Å². The van der Waals surface area contributed by atoms with Crippen molar-refractivity contribution in [1.82, 2.24) is 29.9 Å². The number of carbonyl (C=O) groups is 3. The van der Waals surface area contributed by atoms with Gasteiger partial charge in [0.1, 0.15) is 35.3 Å². The molecule has 0 radical (unpaired) electrons. The molecule has 8 rings (SSSR count). The Morgan fingerprint density at radius 2 is 1.58 bits per heavy atom. The first-order valence-corrected chi connectivity index (χ1v) is 22.4. The Balaban J connectivity index is 0.715. The van der Waals surface area contributed by atoms with Crippen LogP contribution in [0.2, 0.25) is 5.02 Å². The van der Waals surface area contributed by atoms with E-state index in [1.54, 1.807) is 53.9 Å². The number of aryl methyl sites for hydroxylation is 2. The summed E-state index contributed by atoms with van der Waals surface area (Å²) in [5.41, 5.74) is 4.78. The molecule has 5 heterocycles. The van der Waals surface area contributed by atoms with Crippen molar-refractivity contribution in [3.8, 4) is 10.8 Å². The van der Waals surface area contributed by atoms with Crippen LogP contribution in [0.5, 0.6) is 5.75 Å². The van der Waals surface area contributed by atoms with Gasteiger partial charge < -0.3 is 29.6 Å². The topological polar surface area (TPSA) is 202 Å². The Morgan fingerprint density at radius 1 is 0.877 bits per heavy atom. The zero-order valence-corrected chi connectivity index (χ0v) is 37.7. The van der Waals surface area contributed by atoms with E-state index in [1.165, 1.54) is 4.88 Å². The van der Waals surface area contributed by atoms with Crippen LogP contribution in [0.25, 0.3) is 15.8 Å². The molecule has 0 spiro atoms. The molecule has 0 bridgehead atoms. The average Bonchev–Trinajstić information content (AvgIpc) is 3.77. The van der Waals surface area contributed by atoms with Crippen molar-refractivity contribution in [3.05, 3.63) is 122 Å². The molecule has 3 aromatic heterocycles. The second kappa shape index (κ2) is 20.7. The number of halogens is 1. The van der Waals surface area contributed by atoms with E-state index in [9.17, 15) is 19.2 Å². The van der Waals surface area contributed by atoms with E-state index in [4.69, 9.17) is 35.5 Å². The van der Waals surface area contributed by atoms with Crippen LogP contribution in [-0.2, 0) is 28.6 Å². The fourth-order valence-corrected chi connectivity index (χ4v) is 8.92. The number of rotatable bonds is 19. The predicted octanol–water partition coefficient (Wildman–Crippen LogP) is 6.06. The van der Waals surface area contributed by atoms with Gasteiger partial charge in [-0.2, -0.15) is 5.10 Å². The van der Waals surface area contributed by atoms with Crippen LogP contribution >= 0.6 is 22.9 Å². The van der Waals surface area contributed by atoms with Crippen LogP contribution in [0.4, 0.5) is 11.4 Å². The summed E-state index contributed by atoms with van der Waals surface area (Å²) >= 11 is 7.90. The van der Waals surface area contributed by atoms with Gasteiger partial charge in [0.05, 0.1) is 63.4 Å². The van der Waals surface area contributed by atoms with Crippen molar-refractivity contribution in [1.29, 1.82) is 0 Å². The highest BCUT2D eigenvalue weighted by atomic mass is 35.5. The number of amides is 3. The van der Waals surface area contributed by atoms with Gasteiger partial charge in [0, 0.05) is 50.8 Å². The maximum absolute atomic E-state index is 13.5. The van der Waals surface area contributed by atoms with E-state index < -0.39 is 23.6 Å². The normalized spacial score (nSPS) is 15.8. The molecule has 6 aromatic rings. The molecule has 2 atom stereocenters. The first-order valence-electron chi connectivity index (χ1n) is 21.3. The third-order valence-electron chi connectivity index (χ3n) is 11.0. The minimum absolute atomic E-state index is 0.0578. The molecule has 3 N–H and O–H groups in total. The van der Waals surface area contributed by atoms with E-state index in [1.807, 2.05) is 41.8 Å². The summed E-state index contributed by atoms with van der Waals surface area (Å²) in [6.07, 6.45) is 1.98. The smallest absolute Gasteiger partial charge is 0.275 e. The number of hydrogen-bond acceptors (Lipinski definition) is 14. The lowest BCUT2D eigenvalue weighted by Gasteiger charge is -2.21. The lowest BCUT2D eigenvalue weighted by atomic mass is 9.99. The van der Waals surface area contributed by atoms with Crippen LogP contribution in [-0.4, -0.2) is 101 Å². The van der Waals surface area contributed by atoms with Gasteiger partial charge in [-0.25, -0.2) is 4.68 Å². The number of nitrogens with one attached hydrogen (secondary N) is 3. The summed E-state index contributed by atoms with van der Waals surface area (Å²) < 4.78 is 25.9. The van der Waals surface area contributed by atoms with Gasteiger partial charge in [0.15, 0.2) is 5.82 Å². The highest BCUT2D eigenvalue weighted by Gasteiger charge is 2.33. The summed E-state index contributed by atoms with van der Waals surface area (Å²) in [7, 11) is 0. The van der Waals surface area contributed by atoms with Crippen LogP contribution in [0.1, 0.15) is 64.6 Å². The molecule has 2 aliphatic rings. The zero-order chi connectivity index (χ0) is 45.5. The quantitative estimate of drug-likeness (QED) is 0.0628. The number of fused-ring (bicyclic) bond motifs is 4. The number of anilines is 2. The van der Waals surface area contributed by atoms with Gasteiger partial charge in [-0.3, -0.25) is 34.1 Å². The molecule has 65 heavy (non-hydrogen) atoms. The Bertz CT molecular complexity index is 2790. The standard InChI is InChI=1S/C46H48ClN9O8S/c1-27-28(2)65-46-41(27)42(30-4-7-32(47)8-5-30)51-37(43-54-53-29(3)55(43)46)25-40(58)50-33-10-12-35(13-11-33)64-23-22-63-21-20-62-19-18-61-17-16-48-34-9-6-31-26-49-56(45(60)36(31)24-34)38-14-15-39(57)52-44(38)59/h4-13,24,26,37-38,48H,14-23,25H2,1-3H3,(H,50,58)(H,52,57,59)/t37-,38?/m0/s1. The lowest BCUT2D eigenvalue weighted by Crippen LogP contribution is -2.45. The third kappa shape index (κ3) is 10.6. The number of aromatic nitrogens is 5. The number of imide groups is 1.